The van der Waals surface area contributed by atoms with E-state index in [2.05, 4.69) is 84.6 Å². The fourth-order valence-corrected chi connectivity index (χ4v) is 3.63. The van der Waals surface area contributed by atoms with E-state index < -0.39 is 0 Å². The first-order chi connectivity index (χ1) is 14.6. The molecule has 30 heavy (non-hydrogen) atoms. The zero-order valence-electron chi connectivity index (χ0n) is 18.6. The Hall–Kier alpha value is -2.60. The fourth-order valence-electron chi connectivity index (χ4n) is 3.63. The van der Waals surface area contributed by atoms with Gasteiger partial charge in [0.1, 0.15) is 5.82 Å². The molecule has 3 rings (SSSR count). The molecule has 1 fully saturated rings. The number of aromatic nitrogens is 1. The number of ether oxygens (including phenoxy) is 1. The van der Waals surface area contributed by atoms with Crippen LogP contribution in [0.5, 0.6) is 0 Å². The quantitative estimate of drug-likeness (QED) is 0.541. The van der Waals surface area contributed by atoms with Crippen LogP contribution in [0.2, 0.25) is 0 Å². The minimum Gasteiger partial charge on any atom is -0.375 e. The highest BCUT2D eigenvalue weighted by Gasteiger charge is 2.18. The van der Waals surface area contributed by atoms with E-state index in [0.29, 0.717) is 12.5 Å². The fraction of sp³-hybridized carbons (Fsp3) is 0.500. The monoisotopic (exact) mass is 409 g/mol. The van der Waals surface area contributed by atoms with Gasteiger partial charge in [-0.15, -0.1) is 0 Å². The molecule has 2 heterocycles. The van der Waals surface area contributed by atoms with Gasteiger partial charge in [0.05, 0.1) is 19.3 Å². The third-order valence-corrected chi connectivity index (χ3v) is 5.58. The summed E-state index contributed by atoms with van der Waals surface area (Å²) in [6.45, 7) is 12.6. The zero-order chi connectivity index (χ0) is 21.3. The lowest BCUT2D eigenvalue weighted by Crippen LogP contribution is -2.44. The first kappa shape index (κ1) is 22.1. The Balaban J connectivity index is 1.65. The van der Waals surface area contributed by atoms with Gasteiger partial charge in [-0.2, -0.15) is 0 Å². The normalized spacial score (nSPS) is 19.3. The molecule has 1 aromatic carbocycles. The van der Waals surface area contributed by atoms with Gasteiger partial charge in [-0.05, 0) is 44.0 Å². The van der Waals surface area contributed by atoms with Crippen LogP contribution in [-0.4, -0.2) is 49.3 Å². The van der Waals surface area contributed by atoms with Crippen molar-refractivity contribution in [1.82, 2.24) is 15.6 Å². The van der Waals surface area contributed by atoms with E-state index in [4.69, 9.17) is 9.73 Å². The molecule has 1 aliphatic heterocycles. The largest absolute Gasteiger partial charge is 0.375 e. The molecule has 1 aromatic heterocycles. The maximum absolute atomic E-state index is 5.65. The molecular weight excluding hydrogens is 374 g/mol. The first-order valence-corrected chi connectivity index (χ1v) is 11.0. The standard InChI is InChI=1S/C24H35N5O/c1-5-25-24(28-20(4)19(3)22-9-7-6-8-10-22)27-16-21-11-12-26-23(15-21)29-13-14-30-18(2)17-29/h6-12,15,18-20H,5,13-14,16-17H2,1-4H3,(H2,25,27,28). The summed E-state index contributed by atoms with van der Waals surface area (Å²) in [5.41, 5.74) is 2.48. The van der Waals surface area contributed by atoms with Crippen molar-refractivity contribution in [3.8, 4) is 0 Å². The topological polar surface area (TPSA) is 61.8 Å². The smallest absolute Gasteiger partial charge is 0.191 e. The van der Waals surface area contributed by atoms with Crippen molar-refractivity contribution < 1.29 is 4.74 Å². The summed E-state index contributed by atoms with van der Waals surface area (Å²) in [6.07, 6.45) is 2.11. The highest BCUT2D eigenvalue weighted by atomic mass is 16.5. The van der Waals surface area contributed by atoms with Gasteiger partial charge in [0.15, 0.2) is 5.96 Å². The van der Waals surface area contributed by atoms with Gasteiger partial charge >= 0.3 is 0 Å². The number of morpholine rings is 1. The van der Waals surface area contributed by atoms with Gasteiger partial charge in [0.2, 0.25) is 0 Å². The molecule has 0 radical (unpaired) electrons. The van der Waals surface area contributed by atoms with Crippen molar-refractivity contribution in [2.24, 2.45) is 4.99 Å². The van der Waals surface area contributed by atoms with Crippen LogP contribution >= 0.6 is 0 Å². The van der Waals surface area contributed by atoms with E-state index in [0.717, 1.165) is 43.6 Å². The molecule has 6 nitrogen and oxygen atoms in total. The molecule has 0 saturated carbocycles. The molecule has 3 unspecified atom stereocenters. The van der Waals surface area contributed by atoms with Crippen LogP contribution in [0.15, 0.2) is 53.7 Å². The maximum atomic E-state index is 5.65. The van der Waals surface area contributed by atoms with Gasteiger partial charge in [0, 0.05) is 37.8 Å². The van der Waals surface area contributed by atoms with Crippen molar-refractivity contribution >= 4 is 11.8 Å². The summed E-state index contributed by atoms with van der Waals surface area (Å²) < 4.78 is 5.65. The molecule has 2 aromatic rings. The van der Waals surface area contributed by atoms with Crippen LogP contribution in [0.3, 0.4) is 0 Å². The Morgan fingerprint density at radius 3 is 2.80 bits per heavy atom. The lowest BCUT2D eigenvalue weighted by molar-refractivity contribution is 0.0529. The highest BCUT2D eigenvalue weighted by Crippen LogP contribution is 2.19. The molecule has 0 bridgehead atoms. The molecule has 6 heteroatoms. The number of anilines is 1. The Morgan fingerprint density at radius 1 is 1.27 bits per heavy atom. The number of pyridine rings is 1. The molecule has 0 amide bonds. The minimum absolute atomic E-state index is 0.236. The summed E-state index contributed by atoms with van der Waals surface area (Å²) in [5.74, 6) is 2.22. The number of aliphatic imine (C=N–C) groups is 1. The minimum atomic E-state index is 0.236. The number of nitrogens with zero attached hydrogens (tertiary/aromatic N) is 3. The maximum Gasteiger partial charge on any atom is 0.191 e. The molecule has 0 spiro atoms. The van der Waals surface area contributed by atoms with Crippen molar-refractivity contribution in [2.75, 3.05) is 31.1 Å². The molecule has 1 saturated heterocycles. The average Bonchev–Trinajstić information content (AvgIpc) is 2.78. The van der Waals surface area contributed by atoms with Crippen molar-refractivity contribution in [3.63, 3.8) is 0 Å². The number of rotatable bonds is 7. The number of nitrogens with one attached hydrogen (secondary N) is 2. The predicted octanol–water partition coefficient (Wildman–Crippen LogP) is 3.55. The molecule has 0 aliphatic carbocycles. The van der Waals surface area contributed by atoms with Gasteiger partial charge < -0.3 is 20.3 Å². The molecule has 162 valence electrons. The summed E-state index contributed by atoms with van der Waals surface area (Å²) in [7, 11) is 0. The van der Waals surface area contributed by atoms with Crippen LogP contribution in [-0.2, 0) is 11.3 Å². The second-order valence-corrected chi connectivity index (χ2v) is 7.98. The van der Waals surface area contributed by atoms with Gasteiger partial charge in [-0.1, -0.05) is 37.3 Å². The Labute approximate surface area is 180 Å². The number of hydrogen-bond acceptors (Lipinski definition) is 4. The number of benzene rings is 1. The lowest BCUT2D eigenvalue weighted by atomic mass is 9.94. The van der Waals surface area contributed by atoms with E-state index in [1.165, 1.54) is 5.56 Å². The zero-order valence-corrected chi connectivity index (χ0v) is 18.6. The predicted molar refractivity (Wildman–Crippen MR) is 124 cm³/mol. The third kappa shape index (κ3) is 6.20. The SMILES string of the molecule is CCNC(=NCc1ccnc(N2CCOC(C)C2)c1)NC(C)C(C)c1ccccc1. The average molecular weight is 410 g/mol. The van der Waals surface area contributed by atoms with E-state index in [-0.39, 0.29) is 12.1 Å². The molecule has 2 N–H and O–H groups in total. The molecule has 3 atom stereocenters. The Kier molecular flexibility index (Phi) is 8.08. The Morgan fingerprint density at radius 2 is 2.07 bits per heavy atom. The van der Waals surface area contributed by atoms with Gasteiger partial charge in [-0.3, -0.25) is 0 Å². The number of guanidine groups is 1. The third-order valence-electron chi connectivity index (χ3n) is 5.58. The van der Waals surface area contributed by atoms with Gasteiger partial charge in [-0.25, -0.2) is 9.98 Å². The second-order valence-electron chi connectivity index (χ2n) is 7.98. The van der Waals surface area contributed by atoms with Crippen LogP contribution in [0.4, 0.5) is 5.82 Å². The molecule has 1 aliphatic rings. The highest BCUT2D eigenvalue weighted by molar-refractivity contribution is 5.80. The lowest BCUT2D eigenvalue weighted by Gasteiger charge is -2.32. The summed E-state index contributed by atoms with van der Waals surface area (Å²) >= 11 is 0. The number of hydrogen-bond donors (Lipinski definition) is 2. The van der Waals surface area contributed by atoms with Crippen molar-refractivity contribution in [3.05, 3.63) is 59.8 Å². The van der Waals surface area contributed by atoms with Crippen LogP contribution < -0.4 is 15.5 Å². The molecular formula is C24H35N5O. The summed E-state index contributed by atoms with van der Waals surface area (Å²) in [5, 5.41) is 6.94. The van der Waals surface area contributed by atoms with Crippen LogP contribution in [0.1, 0.15) is 44.7 Å². The summed E-state index contributed by atoms with van der Waals surface area (Å²) in [4.78, 5) is 11.7. The van der Waals surface area contributed by atoms with Crippen molar-refractivity contribution in [1.29, 1.82) is 0 Å². The van der Waals surface area contributed by atoms with E-state index in [1.807, 2.05) is 12.3 Å². The van der Waals surface area contributed by atoms with Crippen LogP contribution in [0.25, 0.3) is 0 Å². The second kappa shape index (κ2) is 11.0. The van der Waals surface area contributed by atoms with Gasteiger partial charge in [0.25, 0.3) is 0 Å². The van der Waals surface area contributed by atoms with Crippen LogP contribution in [0, 0.1) is 0 Å². The van der Waals surface area contributed by atoms with Crippen molar-refractivity contribution in [2.45, 2.75) is 52.3 Å². The first-order valence-electron chi connectivity index (χ1n) is 11.0. The van der Waals surface area contributed by atoms with E-state index >= 15 is 0 Å². The van der Waals surface area contributed by atoms with E-state index in [1.54, 1.807) is 0 Å². The summed E-state index contributed by atoms with van der Waals surface area (Å²) in [6, 6.07) is 15.0. The Bertz CT molecular complexity index is 810. The van der Waals surface area contributed by atoms with E-state index in [9.17, 15) is 0 Å².